The van der Waals surface area contributed by atoms with E-state index < -0.39 is 22.4 Å². The van der Waals surface area contributed by atoms with Crippen LogP contribution in [0, 0.1) is 0 Å². The van der Waals surface area contributed by atoms with Crippen LogP contribution in [-0.2, 0) is 19.4 Å². The number of nitrogens with zero attached hydrogens (tertiary/aromatic N) is 1. The first-order valence-corrected chi connectivity index (χ1v) is 11.6. The zero-order chi connectivity index (χ0) is 22.5. The third-order valence-corrected chi connectivity index (χ3v) is 4.47. The molecule has 12 heteroatoms. The number of hydrogen-bond acceptors (Lipinski definition) is 7. The molecule has 0 saturated carbocycles. The maximum absolute atomic E-state index is 10.2. The van der Waals surface area contributed by atoms with E-state index in [9.17, 15) is 17.8 Å². The molecule has 0 saturated heterocycles. The van der Waals surface area contributed by atoms with Gasteiger partial charge in [-0.1, -0.05) is 64.7 Å². The van der Waals surface area contributed by atoms with Gasteiger partial charge < -0.3 is 26.9 Å². The van der Waals surface area contributed by atoms with Gasteiger partial charge in [0, 0.05) is 6.54 Å². The van der Waals surface area contributed by atoms with Gasteiger partial charge in [-0.05, 0) is 19.3 Å². The Balaban J connectivity index is -0.000000497. The van der Waals surface area contributed by atoms with E-state index >= 15 is 0 Å². The molecule has 0 radical (unpaired) electrons. The molecule has 0 spiro atoms. The average Bonchev–Trinajstić information content (AvgIpc) is 2.62. The van der Waals surface area contributed by atoms with Gasteiger partial charge in [-0.15, -0.1) is 0 Å². The molecule has 0 aliphatic carbocycles. The van der Waals surface area contributed by atoms with E-state index in [2.05, 4.69) is 16.1 Å². The van der Waals surface area contributed by atoms with Gasteiger partial charge >= 0.3 is 35.5 Å². The fourth-order valence-corrected chi connectivity index (χ4v) is 2.72. The predicted molar refractivity (Wildman–Crippen MR) is 113 cm³/mol. The van der Waals surface area contributed by atoms with Crippen molar-refractivity contribution < 1.29 is 56.6 Å². The van der Waals surface area contributed by atoms with Crippen LogP contribution in [0.5, 0.6) is 0 Å². The monoisotopic (exact) mass is 462 g/mol. The molecule has 0 aliphatic rings. The molecular weight excluding hydrogens is 423 g/mol. The summed E-state index contributed by atoms with van der Waals surface area (Å²) >= 11 is 0. The number of hydrogen-bond donors (Lipinski definition) is 4. The summed E-state index contributed by atoms with van der Waals surface area (Å²) in [6.45, 7) is 2.66. The van der Waals surface area contributed by atoms with Crippen LogP contribution in [0.1, 0.15) is 84.0 Å². The van der Waals surface area contributed by atoms with Gasteiger partial charge in [-0.2, -0.15) is 0 Å². The molecule has 0 bridgehead atoms. The predicted octanol–water partition coefficient (Wildman–Crippen LogP) is -1.16. The van der Waals surface area contributed by atoms with Crippen molar-refractivity contribution in [2.75, 3.05) is 13.2 Å². The molecule has 0 rings (SSSR count). The standard InChI is InChI=1S/C12H26O4S.C6H14N4O2.Na/c1-2-3-4-5-6-7-8-9-10-11-12-16-17(13,14)15;7-4(5(11)12)2-1-3-10-6(8)9;/h2-12H2,1H3,(H,13,14,15);4H,1-3,7H2,(H,11,12)(H4,8,9,10);/q;;+1/p-1/t;4-;/m.0./s1. The van der Waals surface area contributed by atoms with Gasteiger partial charge in [0.25, 0.3) is 0 Å². The number of carboxylic acids is 1. The third kappa shape index (κ3) is 32.2. The Bertz CT molecular complexity index is 531. The van der Waals surface area contributed by atoms with E-state index in [0.29, 0.717) is 25.8 Å². The first kappa shape index (κ1) is 34.2. The Morgan fingerprint density at radius 3 is 1.87 bits per heavy atom. The van der Waals surface area contributed by atoms with E-state index in [0.717, 1.165) is 12.8 Å². The minimum Gasteiger partial charge on any atom is -0.726 e. The van der Waals surface area contributed by atoms with Crippen molar-refractivity contribution in [1.29, 1.82) is 0 Å². The summed E-state index contributed by atoms with van der Waals surface area (Å²) in [5.74, 6) is -0.987. The second-order valence-corrected chi connectivity index (χ2v) is 7.86. The van der Waals surface area contributed by atoms with Crippen molar-refractivity contribution in [3.63, 3.8) is 0 Å². The molecule has 0 aliphatic heterocycles. The normalized spacial score (nSPS) is 11.6. The van der Waals surface area contributed by atoms with Crippen molar-refractivity contribution in [3.8, 4) is 0 Å². The molecule has 10 nitrogen and oxygen atoms in total. The first-order valence-electron chi connectivity index (χ1n) is 10.2. The molecule has 1 atom stereocenters. The topological polar surface area (TPSA) is 194 Å². The average molecular weight is 463 g/mol. The van der Waals surface area contributed by atoms with E-state index in [1.165, 1.54) is 44.9 Å². The Labute approximate surface area is 203 Å². The number of carboxylic acid groups (broad SMARTS) is 1. The molecule has 30 heavy (non-hydrogen) atoms. The minimum atomic E-state index is -4.48. The van der Waals surface area contributed by atoms with E-state index in [4.69, 9.17) is 22.3 Å². The fourth-order valence-electron chi connectivity index (χ4n) is 2.39. The maximum atomic E-state index is 10.2. The molecule has 0 aromatic heterocycles. The van der Waals surface area contributed by atoms with Crippen molar-refractivity contribution in [1.82, 2.24) is 0 Å². The summed E-state index contributed by atoms with van der Waals surface area (Å²) in [4.78, 5) is 13.9. The summed E-state index contributed by atoms with van der Waals surface area (Å²) in [5, 5.41) is 8.38. The zero-order valence-corrected chi connectivity index (χ0v) is 21.4. The number of rotatable bonds is 17. The summed E-state index contributed by atoms with van der Waals surface area (Å²) in [6, 6.07) is -0.820. The van der Waals surface area contributed by atoms with Crippen LogP contribution in [0.4, 0.5) is 0 Å². The summed E-state index contributed by atoms with van der Waals surface area (Å²) in [7, 11) is -4.48. The number of carbonyl (C=O) groups is 1. The second-order valence-electron chi connectivity index (χ2n) is 6.81. The quantitative estimate of drug-likeness (QED) is 0.0515. The third-order valence-electron chi connectivity index (χ3n) is 4.01. The maximum Gasteiger partial charge on any atom is 1.00 e. The molecule has 0 unspecified atom stereocenters. The number of guanidine groups is 1. The van der Waals surface area contributed by atoms with E-state index in [1.807, 2.05) is 0 Å². The molecule has 0 heterocycles. The van der Waals surface area contributed by atoms with Crippen molar-refractivity contribution >= 4 is 22.3 Å². The van der Waals surface area contributed by atoms with Crippen LogP contribution in [0.3, 0.4) is 0 Å². The number of unbranched alkanes of at least 4 members (excludes halogenated alkanes) is 9. The Morgan fingerprint density at radius 2 is 1.47 bits per heavy atom. The molecule has 7 N–H and O–H groups in total. The van der Waals surface area contributed by atoms with Crippen molar-refractivity contribution in [3.05, 3.63) is 0 Å². The first-order chi connectivity index (χ1) is 13.6. The summed E-state index contributed by atoms with van der Waals surface area (Å²) in [5.41, 5.74) is 15.3. The Hall–Kier alpha value is -0.430. The van der Waals surface area contributed by atoms with Gasteiger partial charge in [0.05, 0.1) is 6.61 Å². The molecular formula is C18H39N4NaO6S. The van der Waals surface area contributed by atoms with Crippen LogP contribution < -0.4 is 46.8 Å². The van der Waals surface area contributed by atoms with E-state index in [1.54, 1.807) is 0 Å². The van der Waals surface area contributed by atoms with Crippen LogP contribution in [0.15, 0.2) is 4.99 Å². The molecule has 0 amide bonds. The zero-order valence-electron chi connectivity index (χ0n) is 18.6. The summed E-state index contributed by atoms with van der Waals surface area (Å²) < 4.78 is 34.5. The largest absolute Gasteiger partial charge is 1.00 e. The van der Waals surface area contributed by atoms with Crippen LogP contribution in [0.2, 0.25) is 0 Å². The van der Waals surface area contributed by atoms with Gasteiger partial charge in [-0.25, -0.2) is 8.42 Å². The second kappa shape index (κ2) is 23.2. The summed E-state index contributed by atoms with van der Waals surface area (Å²) in [6.07, 6.45) is 12.7. The van der Waals surface area contributed by atoms with Gasteiger partial charge in [-0.3, -0.25) is 14.0 Å². The minimum absolute atomic E-state index is 0. The number of aliphatic carboxylic acids is 1. The van der Waals surface area contributed by atoms with Gasteiger partial charge in [0.2, 0.25) is 10.4 Å². The van der Waals surface area contributed by atoms with Gasteiger partial charge in [0.15, 0.2) is 5.96 Å². The smallest absolute Gasteiger partial charge is 0.726 e. The van der Waals surface area contributed by atoms with Crippen LogP contribution in [0.25, 0.3) is 0 Å². The van der Waals surface area contributed by atoms with Crippen LogP contribution >= 0.6 is 0 Å². The SMILES string of the molecule is CCCCCCCCCCCCOS(=O)(=O)[O-].NC(N)=NCCC[C@H](N)C(=O)O.[Na+]. The van der Waals surface area contributed by atoms with Crippen molar-refractivity contribution in [2.45, 2.75) is 90.0 Å². The molecule has 0 aromatic carbocycles. The number of nitrogens with two attached hydrogens (primary N) is 3. The molecule has 0 fully saturated rings. The van der Waals surface area contributed by atoms with Crippen LogP contribution in [-0.4, -0.2) is 49.2 Å². The Kier molecular flexibility index (Phi) is 26.5. The fraction of sp³-hybridized carbons (Fsp3) is 0.889. The molecule has 174 valence electrons. The molecule has 0 aromatic rings. The Morgan fingerprint density at radius 1 is 1.00 bits per heavy atom. The van der Waals surface area contributed by atoms with Crippen molar-refractivity contribution in [2.24, 2.45) is 22.2 Å². The number of aliphatic imine (C=N–C) groups is 1. The van der Waals surface area contributed by atoms with Gasteiger partial charge in [0.1, 0.15) is 6.04 Å². The van der Waals surface area contributed by atoms with E-state index in [-0.39, 0.29) is 42.1 Å².